The fraction of sp³-hybridized carbons (Fsp3) is 0.424. The van der Waals surface area contributed by atoms with Gasteiger partial charge in [0.2, 0.25) is 5.91 Å². The maximum atomic E-state index is 14.5. The molecule has 2 amide bonds. The Morgan fingerprint density at radius 1 is 1.02 bits per heavy atom. The zero-order valence-electron chi connectivity index (χ0n) is 24.6. The zero-order chi connectivity index (χ0) is 30.6. The van der Waals surface area contributed by atoms with Crippen molar-refractivity contribution in [1.29, 1.82) is 0 Å². The second kappa shape index (κ2) is 13.5. The first-order valence-corrected chi connectivity index (χ1v) is 15.6. The number of benzene rings is 2. The summed E-state index contributed by atoms with van der Waals surface area (Å²) >= 11 is 6.20. The molecule has 2 N–H and O–H groups in total. The Bertz CT molecular complexity index is 1570. The van der Waals surface area contributed by atoms with E-state index in [9.17, 15) is 18.8 Å². The third-order valence-corrected chi connectivity index (χ3v) is 9.15. The van der Waals surface area contributed by atoms with Gasteiger partial charge in [-0.3, -0.25) is 19.3 Å². The van der Waals surface area contributed by atoms with E-state index in [-0.39, 0.29) is 40.3 Å². The van der Waals surface area contributed by atoms with Gasteiger partial charge >= 0.3 is 0 Å². The van der Waals surface area contributed by atoms with Crippen LogP contribution in [0, 0.1) is 11.7 Å². The molecule has 3 aliphatic rings. The quantitative estimate of drug-likeness (QED) is 0.352. The number of piperidine rings is 1. The normalized spacial score (nSPS) is 19.7. The van der Waals surface area contributed by atoms with E-state index >= 15 is 0 Å². The minimum Gasteiger partial charge on any atom is -0.379 e. The van der Waals surface area contributed by atoms with Crippen LogP contribution in [-0.4, -0.2) is 73.8 Å². The smallest absolute Gasteiger partial charge is 0.251 e. The standard InChI is InChI=1S/C33H37ClFN5O4/c34-26-4-1-5-27(35)25(26)18-31(41)37-28-17-23(33(43)36-10-3-11-38-12-14-44-15-13-38)8-9-30(28)39-19-22-16-24(21-39)29-6-2-7-32(42)40(29)20-22/h1-2,4-9,17,22,24H,3,10-16,18-21H2,(H,36,43)(H,37,41). The van der Waals surface area contributed by atoms with Crippen LogP contribution in [0.1, 0.15) is 40.4 Å². The number of halogens is 2. The van der Waals surface area contributed by atoms with E-state index < -0.39 is 11.7 Å². The van der Waals surface area contributed by atoms with Crippen LogP contribution < -0.4 is 21.1 Å². The molecule has 232 valence electrons. The lowest BCUT2D eigenvalue weighted by Gasteiger charge is -2.44. The van der Waals surface area contributed by atoms with Gasteiger partial charge < -0.3 is 24.8 Å². The molecule has 3 aliphatic heterocycles. The first-order valence-electron chi connectivity index (χ1n) is 15.3. The van der Waals surface area contributed by atoms with E-state index in [1.54, 1.807) is 30.3 Å². The van der Waals surface area contributed by atoms with Crippen molar-refractivity contribution in [3.8, 4) is 0 Å². The average molecular weight is 622 g/mol. The van der Waals surface area contributed by atoms with Gasteiger partial charge in [-0.25, -0.2) is 4.39 Å². The number of rotatable bonds is 9. The number of anilines is 2. The number of amides is 2. The van der Waals surface area contributed by atoms with Crippen LogP contribution in [-0.2, 0) is 22.5 Å². The molecular formula is C33H37ClFN5O4. The van der Waals surface area contributed by atoms with Crippen molar-refractivity contribution in [3.63, 3.8) is 0 Å². The lowest BCUT2D eigenvalue weighted by molar-refractivity contribution is -0.115. The lowest BCUT2D eigenvalue weighted by atomic mass is 9.83. The highest BCUT2D eigenvalue weighted by Crippen LogP contribution is 2.39. The number of nitrogens with one attached hydrogen (secondary N) is 2. The number of fused-ring (bicyclic) bond motifs is 4. The Morgan fingerprint density at radius 3 is 2.66 bits per heavy atom. The Balaban J connectivity index is 1.21. The molecule has 9 nitrogen and oxygen atoms in total. The van der Waals surface area contributed by atoms with Gasteiger partial charge in [-0.05, 0) is 61.7 Å². The molecule has 1 aromatic heterocycles. The number of nitrogens with zero attached hydrogens (tertiary/aromatic N) is 3. The summed E-state index contributed by atoms with van der Waals surface area (Å²) in [6.45, 7) is 6.69. The molecular weight excluding hydrogens is 585 g/mol. The van der Waals surface area contributed by atoms with E-state index in [2.05, 4.69) is 20.4 Å². The molecule has 2 atom stereocenters. The number of ether oxygens (including phenoxy) is 1. The predicted molar refractivity (Wildman–Crippen MR) is 168 cm³/mol. The Kier molecular flexibility index (Phi) is 9.30. The zero-order valence-corrected chi connectivity index (χ0v) is 25.3. The van der Waals surface area contributed by atoms with Gasteiger partial charge in [-0.15, -0.1) is 0 Å². The molecule has 0 spiro atoms. The summed E-state index contributed by atoms with van der Waals surface area (Å²) in [6.07, 6.45) is 1.56. The molecule has 2 aromatic carbocycles. The van der Waals surface area contributed by atoms with Crippen molar-refractivity contribution in [2.75, 3.05) is 62.7 Å². The highest BCUT2D eigenvalue weighted by Gasteiger charge is 2.35. The van der Waals surface area contributed by atoms with Crippen molar-refractivity contribution >= 4 is 34.8 Å². The fourth-order valence-corrected chi connectivity index (χ4v) is 6.86. The number of morpholine rings is 1. The Morgan fingerprint density at radius 2 is 1.84 bits per heavy atom. The second-order valence-corrected chi connectivity index (χ2v) is 12.2. The third-order valence-electron chi connectivity index (χ3n) is 8.79. The molecule has 4 heterocycles. The molecule has 0 aliphatic carbocycles. The van der Waals surface area contributed by atoms with Gasteiger partial charge in [-0.1, -0.05) is 23.7 Å². The summed E-state index contributed by atoms with van der Waals surface area (Å²) in [5, 5.41) is 6.13. The van der Waals surface area contributed by atoms with Crippen molar-refractivity contribution in [1.82, 2.24) is 14.8 Å². The van der Waals surface area contributed by atoms with Gasteiger partial charge in [0, 0.05) is 73.1 Å². The van der Waals surface area contributed by atoms with Crippen molar-refractivity contribution in [2.24, 2.45) is 5.92 Å². The molecule has 2 fully saturated rings. The van der Waals surface area contributed by atoms with Crippen molar-refractivity contribution in [2.45, 2.75) is 31.7 Å². The number of carbonyl (C=O) groups excluding carboxylic acids is 2. The summed E-state index contributed by atoms with van der Waals surface area (Å²) in [5.74, 6) is -0.788. The topological polar surface area (TPSA) is 95.9 Å². The number of hydrogen-bond donors (Lipinski definition) is 2. The maximum absolute atomic E-state index is 14.5. The average Bonchev–Trinajstić information content (AvgIpc) is 3.02. The molecule has 44 heavy (non-hydrogen) atoms. The summed E-state index contributed by atoms with van der Waals surface area (Å²) in [4.78, 5) is 43.5. The fourth-order valence-electron chi connectivity index (χ4n) is 6.63. The van der Waals surface area contributed by atoms with Crippen LogP contribution in [0.25, 0.3) is 0 Å². The van der Waals surface area contributed by atoms with E-state index in [0.29, 0.717) is 37.4 Å². The molecule has 0 saturated carbocycles. The summed E-state index contributed by atoms with van der Waals surface area (Å²) in [6, 6.07) is 15.1. The Labute approximate surface area is 260 Å². The molecule has 3 aromatic rings. The summed E-state index contributed by atoms with van der Waals surface area (Å²) in [7, 11) is 0. The van der Waals surface area contributed by atoms with E-state index in [4.69, 9.17) is 16.3 Å². The highest BCUT2D eigenvalue weighted by atomic mass is 35.5. The van der Waals surface area contributed by atoms with Gasteiger partial charge in [0.15, 0.2) is 0 Å². The van der Waals surface area contributed by atoms with Crippen molar-refractivity contribution < 1.29 is 18.7 Å². The Hall–Kier alpha value is -3.73. The first kappa shape index (κ1) is 30.3. The number of aromatic nitrogens is 1. The molecule has 11 heteroatoms. The van der Waals surface area contributed by atoms with Crippen LogP contribution in [0.5, 0.6) is 0 Å². The maximum Gasteiger partial charge on any atom is 0.251 e. The van der Waals surface area contributed by atoms with Crippen LogP contribution in [0.3, 0.4) is 0 Å². The van der Waals surface area contributed by atoms with Crippen molar-refractivity contribution in [3.05, 3.63) is 92.6 Å². The van der Waals surface area contributed by atoms with Gasteiger partial charge in [-0.2, -0.15) is 0 Å². The monoisotopic (exact) mass is 621 g/mol. The number of pyridine rings is 1. The second-order valence-electron chi connectivity index (χ2n) is 11.8. The van der Waals surface area contributed by atoms with Crippen LogP contribution >= 0.6 is 11.6 Å². The third kappa shape index (κ3) is 6.82. The van der Waals surface area contributed by atoms with E-state index in [1.807, 2.05) is 16.7 Å². The number of hydrogen-bond acceptors (Lipinski definition) is 6. The van der Waals surface area contributed by atoms with Crippen LogP contribution in [0.15, 0.2) is 59.4 Å². The minimum atomic E-state index is -0.546. The van der Waals surface area contributed by atoms with E-state index in [1.165, 1.54) is 12.1 Å². The first-order chi connectivity index (χ1) is 21.4. The van der Waals surface area contributed by atoms with Gasteiger partial charge in [0.1, 0.15) is 5.82 Å². The predicted octanol–water partition coefficient (Wildman–Crippen LogP) is 3.90. The van der Waals surface area contributed by atoms with Gasteiger partial charge in [0.05, 0.1) is 31.0 Å². The minimum absolute atomic E-state index is 0.0192. The molecule has 2 unspecified atom stereocenters. The largest absolute Gasteiger partial charge is 0.379 e. The van der Waals surface area contributed by atoms with Gasteiger partial charge in [0.25, 0.3) is 11.5 Å². The SMILES string of the molecule is O=C(Cc1c(F)cccc1Cl)Nc1cc(C(=O)NCCCN2CCOCC2)ccc1N1CC2CC(C1)c1cccc(=O)n1C2. The molecule has 2 saturated heterocycles. The van der Waals surface area contributed by atoms with Crippen LogP contribution in [0.2, 0.25) is 5.02 Å². The van der Waals surface area contributed by atoms with Crippen LogP contribution in [0.4, 0.5) is 15.8 Å². The molecule has 0 radical (unpaired) electrons. The summed E-state index contributed by atoms with van der Waals surface area (Å²) in [5.41, 5.74) is 2.85. The molecule has 6 rings (SSSR count). The van der Waals surface area contributed by atoms with E-state index in [0.717, 1.165) is 57.1 Å². The lowest BCUT2D eigenvalue weighted by Crippen LogP contribution is -2.47. The summed E-state index contributed by atoms with van der Waals surface area (Å²) < 4.78 is 21.8. The number of carbonyl (C=O) groups is 2. The highest BCUT2D eigenvalue weighted by molar-refractivity contribution is 6.31. The molecule has 2 bridgehead atoms.